The molecule has 0 spiro atoms. The predicted octanol–water partition coefficient (Wildman–Crippen LogP) is 3.79. The number of nitriles is 1. The van der Waals surface area contributed by atoms with E-state index in [2.05, 4.69) is 21.7 Å². The maximum atomic E-state index is 13.9. The molecule has 3 aromatic carbocycles. The summed E-state index contributed by atoms with van der Waals surface area (Å²) in [6.45, 7) is 0.449. The fourth-order valence-corrected chi connectivity index (χ4v) is 6.26. The lowest BCUT2D eigenvalue weighted by Gasteiger charge is -2.35. The maximum absolute atomic E-state index is 13.9. The number of nitrogens with zero attached hydrogens (tertiary/aromatic N) is 4. The topological polar surface area (TPSA) is 146 Å². The van der Waals surface area contributed by atoms with E-state index in [0.717, 1.165) is 21.9 Å². The van der Waals surface area contributed by atoms with Gasteiger partial charge in [0.15, 0.2) is 0 Å². The molecule has 0 saturated carbocycles. The van der Waals surface area contributed by atoms with Gasteiger partial charge in [-0.25, -0.2) is 14.6 Å². The summed E-state index contributed by atoms with van der Waals surface area (Å²) in [5.41, 5.74) is 1.23. The Balaban J connectivity index is 1.52. The van der Waals surface area contributed by atoms with Gasteiger partial charge in [0, 0.05) is 31.4 Å². The zero-order valence-electron chi connectivity index (χ0n) is 25.6. The summed E-state index contributed by atoms with van der Waals surface area (Å²) in [4.78, 5) is 59.4. The number of aromatic nitrogens is 2. The molecule has 5 rings (SSSR count). The number of methoxy groups -OCH3 is 1. The third-order valence-electron chi connectivity index (χ3n) is 8.21. The Bertz CT molecular complexity index is 1790. The summed E-state index contributed by atoms with van der Waals surface area (Å²) in [5.74, 6) is -1.16. The van der Waals surface area contributed by atoms with Gasteiger partial charge in [-0.3, -0.25) is 14.9 Å². The van der Waals surface area contributed by atoms with Gasteiger partial charge in [-0.15, -0.1) is 0 Å². The lowest BCUT2D eigenvalue weighted by Crippen LogP contribution is -2.55. The second-order valence-electron chi connectivity index (χ2n) is 11.1. The molecule has 1 aromatic heterocycles. The van der Waals surface area contributed by atoms with Gasteiger partial charge in [0.2, 0.25) is 5.91 Å². The third kappa shape index (κ3) is 6.89. The molecule has 2 atom stereocenters. The molecular formula is C34H34N6O5S. The summed E-state index contributed by atoms with van der Waals surface area (Å²) >= 11 is 1.53. The van der Waals surface area contributed by atoms with Gasteiger partial charge in [0.25, 0.3) is 5.91 Å². The summed E-state index contributed by atoms with van der Waals surface area (Å²) < 4.78 is 6.77. The first-order valence-corrected chi connectivity index (χ1v) is 16.1. The van der Waals surface area contributed by atoms with Crippen molar-refractivity contribution in [2.75, 3.05) is 19.1 Å². The number of carbonyl (C=O) groups excluding carboxylic acids is 4. The Labute approximate surface area is 270 Å². The van der Waals surface area contributed by atoms with E-state index >= 15 is 0 Å². The molecule has 1 aliphatic rings. The van der Waals surface area contributed by atoms with Crippen molar-refractivity contribution in [3.05, 3.63) is 102 Å². The first-order chi connectivity index (χ1) is 22.3. The number of thioether (sulfide) groups is 1. The number of hydrogen-bond acceptors (Lipinski definition) is 8. The predicted molar refractivity (Wildman–Crippen MR) is 174 cm³/mol. The van der Waals surface area contributed by atoms with Crippen LogP contribution < -0.4 is 10.6 Å². The van der Waals surface area contributed by atoms with Gasteiger partial charge < -0.3 is 19.5 Å². The Kier molecular flexibility index (Phi) is 10.0. The second kappa shape index (κ2) is 14.3. The molecule has 0 aliphatic carbocycles. The summed E-state index contributed by atoms with van der Waals surface area (Å²) in [7, 11) is 1.26. The van der Waals surface area contributed by atoms with Crippen molar-refractivity contribution in [1.82, 2.24) is 25.1 Å². The molecule has 1 unspecified atom stereocenters. The number of ether oxygens (including phenoxy) is 1. The van der Waals surface area contributed by atoms with Crippen molar-refractivity contribution in [1.29, 1.82) is 5.26 Å². The number of nitrogens with one attached hydrogen (secondary N) is 2. The molecule has 46 heavy (non-hydrogen) atoms. The zero-order chi connectivity index (χ0) is 32.7. The first-order valence-electron chi connectivity index (χ1n) is 14.7. The van der Waals surface area contributed by atoms with E-state index in [1.54, 1.807) is 24.7 Å². The minimum Gasteiger partial charge on any atom is -0.467 e. The zero-order valence-corrected chi connectivity index (χ0v) is 26.4. The summed E-state index contributed by atoms with van der Waals surface area (Å²) in [5, 5.41) is 16.3. The van der Waals surface area contributed by atoms with Crippen LogP contribution in [0.5, 0.6) is 0 Å². The highest BCUT2D eigenvalue weighted by Gasteiger charge is 2.54. The van der Waals surface area contributed by atoms with E-state index in [1.807, 2.05) is 65.4 Å². The number of amides is 4. The number of benzene rings is 3. The van der Waals surface area contributed by atoms with E-state index in [4.69, 9.17) is 4.74 Å². The molecule has 11 nitrogen and oxygen atoms in total. The molecule has 12 heteroatoms. The van der Waals surface area contributed by atoms with Crippen LogP contribution in [-0.2, 0) is 38.6 Å². The molecule has 0 bridgehead atoms. The summed E-state index contributed by atoms with van der Waals surface area (Å²) in [6, 6.07) is 21.2. The van der Waals surface area contributed by atoms with E-state index < -0.39 is 41.8 Å². The van der Waals surface area contributed by atoms with Crippen LogP contribution in [0.15, 0.2) is 79.3 Å². The van der Waals surface area contributed by atoms with Gasteiger partial charge in [-0.2, -0.15) is 17.0 Å². The number of imidazole rings is 1. The van der Waals surface area contributed by atoms with Crippen LogP contribution in [0, 0.1) is 11.3 Å². The number of urea groups is 1. The number of fused-ring (bicyclic) bond motifs is 1. The van der Waals surface area contributed by atoms with Crippen LogP contribution in [0.4, 0.5) is 4.79 Å². The molecule has 1 aliphatic heterocycles. The summed E-state index contributed by atoms with van der Waals surface area (Å²) in [6.07, 6.45) is 5.06. The van der Waals surface area contributed by atoms with Crippen LogP contribution >= 0.6 is 11.8 Å². The highest BCUT2D eigenvalue weighted by Crippen LogP contribution is 2.34. The monoisotopic (exact) mass is 638 g/mol. The number of esters is 1. The largest absolute Gasteiger partial charge is 0.467 e. The van der Waals surface area contributed by atoms with Crippen LogP contribution in [-0.4, -0.2) is 69.0 Å². The Morgan fingerprint density at radius 3 is 2.59 bits per heavy atom. The lowest BCUT2D eigenvalue weighted by molar-refractivity contribution is -0.145. The van der Waals surface area contributed by atoms with Crippen molar-refractivity contribution in [2.45, 2.75) is 43.9 Å². The smallest absolute Gasteiger partial charge is 0.328 e. The molecule has 4 amide bonds. The number of imide groups is 1. The first kappa shape index (κ1) is 32.2. The van der Waals surface area contributed by atoms with Crippen LogP contribution in [0.2, 0.25) is 0 Å². The molecular weight excluding hydrogens is 604 g/mol. The quantitative estimate of drug-likeness (QED) is 0.166. The second-order valence-corrected chi connectivity index (χ2v) is 12.1. The number of rotatable bonds is 13. The van der Waals surface area contributed by atoms with Crippen LogP contribution in [0.25, 0.3) is 10.8 Å². The van der Waals surface area contributed by atoms with Crippen LogP contribution in [0.1, 0.15) is 35.2 Å². The minimum atomic E-state index is -1.64. The Morgan fingerprint density at radius 1 is 1.09 bits per heavy atom. The van der Waals surface area contributed by atoms with Crippen molar-refractivity contribution in [3.8, 4) is 6.07 Å². The van der Waals surface area contributed by atoms with E-state index in [9.17, 15) is 24.4 Å². The van der Waals surface area contributed by atoms with Gasteiger partial charge in [0.1, 0.15) is 11.6 Å². The lowest BCUT2D eigenvalue weighted by atomic mass is 9.86. The fourth-order valence-electron chi connectivity index (χ4n) is 5.79. The maximum Gasteiger partial charge on any atom is 0.328 e. The van der Waals surface area contributed by atoms with E-state index in [0.29, 0.717) is 30.0 Å². The Hall–Kier alpha value is -5.15. The SMILES string of the molecule is COC(=O)[C@H](CCSC)NC(=O)CC1(Cc2cncn2Cc2ccc(C#N)cc2)C(=O)NC(=O)N1Cc1cccc2ccccc12. The average molecular weight is 639 g/mol. The molecule has 1 saturated heterocycles. The molecule has 0 radical (unpaired) electrons. The average Bonchev–Trinajstić information content (AvgIpc) is 3.59. The fraction of sp³-hybridized carbons (Fsp3) is 0.294. The molecule has 2 heterocycles. The van der Waals surface area contributed by atoms with E-state index in [-0.39, 0.29) is 13.0 Å². The van der Waals surface area contributed by atoms with Crippen molar-refractivity contribution >= 4 is 46.3 Å². The highest BCUT2D eigenvalue weighted by molar-refractivity contribution is 7.98. The minimum absolute atomic E-state index is 0.0211. The van der Waals surface area contributed by atoms with Gasteiger partial charge in [-0.1, -0.05) is 54.6 Å². The number of carbonyl (C=O) groups is 4. The normalized spacial score (nSPS) is 16.6. The van der Waals surface area contributed by atoms with Crippen molar-refractivity contribution in [3.63, 3.8) is 0 Å². The van der Waals surface area contributed by atoms with Gasteiger partial charge in [-0.05, 0) is 52.5 Å². The molecule has 1 fully saturated rings. The molecule has 2 N–H and O–H groups in total. The van der Waals surface area contributed by atoms with Gasteiger partial charge >= 0.3 is 12.0 Å². The highest BCUT2D eigenvalue weighted by atomic mass is 32.2. The third-order valence-corrected chi connectivity index (χ3v) is 8.85. The number of hydrogen-bond donors (Lipinski definition) is 2. The standard InChI is InChI=1S/C34H34N6O5S/c1-45-31(42)29(14-15-46-2)37-30(41)17-34(16-27-19-36-22-39(27)20-24-12-10-23(18-35)11-13-24)32(43)38-33(44)40(34)21-26-8-5-7-25-6-3-4-9-28(25)26/h3-13,19,22,29H,14-17,20-21H2,1-2H3,(H,37,41)(H,38,43,44)/t29-,34?/m0/s1. The van der Waals surface area contributed by atoms with Gasteiger partial charge in [0.05, 0.1) is 31.5 Å². The van der Waals surface area contributed by atoms with E-state index in [1.165, 1.54) is 23.8 Å². The molecule has 4 aromatic rings. The van der Waals surface area contributed by atoms with Crippen LogP contribution in [0.3, 0.4) is 0 Å². The van der Waals surface area contributed by atoms with Crippen molar-refractivity contribution in [2.24, 2.45) is 0 Å². The van der Waals surface area contributed by atoms with Crippen molar-refractivity contribution < 1.29 is 23.9 Å². The molecule has 236 valence electrons. The Morgan fingerprint density at radius 2 is 1.85 bits per heavy atom.